The van der Waals surface area contributed by atoms with Gasteiger partial charge in [-0.2, -0.15) is 0 Å². The first-order valence-electron chi connectivity index (χ1n) is 4.84. The van der Waals surface area contributed by atoms with Crippen LogP contribution in [0.4, 0.5) is 0 Å². The van der Waals surface area contributed by atoms with Crippen LogP contribution >= 0.6 is 34.5 Å². The van der Waals surface area contributed by atoms with Crippen LogP contribution < -0.4 is 5.73 Å². The topological polar surface area (TPSA) is 26.0 Å². The molecular weight excluding hydrogens is 261 g/mol. The summed E-state index contributed by atoms with van der Waals surface area (Å²) in [6, 6.07) is 7.36. The molecule has 1 aromatic heterocycles. The highest BCUT2D eigenvalue weighted by Crippen LogP contribution is 2.34. The molecule has 1 unspecified atom stereocenters. The normalized spacial score (nSPS) is 12.8. The molecule has 4 heteroatoms. The van der Waals surface area contributed by atoms with Crippen LogP contribution in [-0.4, -0.2) is 0 Å². The molecule has 0 aliphatic rings. The van der Waals surface area contributed by atoms with Crippen molar-refractivity contribution in [2.75, 3.05) is 0 Å². The summed E-state index contributed by atoms with van der Waals surface area (Å²) < 4.78 is 0. The summed E-state index contributed by atoms with van der Waals surface area (Å²) in [6.45, 7) is 1.98. The summed E-state index contributed by atoms with van der Waals surface area (Å²) >= 11 is 13.6. The number of halogens is 2. The number of thiophene rings is 1. The van der Waals surface area contributed by atoms with Crippen molar-refractivity contribution >= 4 is 34.5 Å². The van der Waals surface area contributed by atoms with Gasteiger partial charge in [0.25, 0.3) is 0 Å². The van der Waals surface area contributed by atoms with Gasteiger partial charge in [-0.3, -0.25) is 0 Å². The molecule has 0 bridgehead atoms. The van der Waals surface area contributed by atoms with Gasteiger partial charge in [0.1, 0.15) is 0 Å². The molecule has 0 saturated carbocycles. The van der Waals surface area contributed by atoms with Gasteiger partial charge < -0.3 is 5.73 Å². The summed E-state index contributed by atoms with van der Waals surface area (Å²) in [5, 5.41) is 3.50. The molecule has 1 nitrogen and oxygen atoms in total. The van der Waals surface area contributed by atoms with Crippen LogP contribution in [0.25, 0.3) is 0 Å². The van der Waals surface area contributed by atoms with Crippen LogP contribution in [0.15, 0.2) is 29.6 Å². The predicted octanol–water partition coefficient (Wildman–Crippen LogP) is 4.41. The van der Waals surface area contributed by atoms with Crippen LogP contribution in [0.3, 0.4) is 0 Å². The van der Waals surface area contributed by atoms with Crippen LogP contribution in [0, 0.1) is 6.92 Å². The Bertz CT molecular complexity index is 490. The van der Waals surface area contributed by atoms with E-state index in [1.807, 2.05) is 36.6 Å². The van der Waals surface area contributed by atoms with Crippen molar-refractivity contribution in [3.63, 3.8) is 0 Å². The van der Waals surface area contributed by atoms with Gasteiger partial charge in [-0.15, -0.1) is 11.3 Å². The maximum absolute atomic E-state index is 6.19. The third-order valence-corrected chi connectivity index (χ3v) is 4.49. The lowest BCUT2D eigenvalue weighted by Crippen LogP contribution is -2.10. The monoisotopic (exact) mass is 271 g/mol. The molecule has 0 fully saturated rings. The Balaban J connectivity index is 2.35. The SMILES string of the molecule is Cc1csc(C(N)c2ccc(Cl)cc2)c1Cl. The van der Waals surface area contributed by atoms with E-state index in [-0.39, 0.29) is 6.04 Å². The first kappa shape index (κ1) is 11.9. The van der Waals surface area contributed by atoms with E-state index >= 15 is 0 Å². The van der Waals surface area contributed by atoms with Gasteiger partial charge in [0.05, 0.1) is 11.1 Å². The van der Waals surface area contributed by atoms with Crippen molar-refractivity contribution in [1.82, 2.24) is 0 Å². The fraction of sp³-hybridized carbons (Fsp3) is 0.167. The Morgan fingerprint density at radius 3 is 2.31 bits per heavy atom. The standard InChI is InChI=1S/C12H11Cl2NS/c1-7-6-16-12(10(7)14)11(15)8-2-4-9(13)5-3-8/h2-6,11H,15H2,1H3. The molecule has 2 rings (SSSR count). The molecule has 1 aromatic carbocycles. The average molecular weight is 272 g/mol. The van der Waals surface area contributed by atoms with Crippen LogP contribution in [0.1, 0.15) is 22.0 Å². The molecular formula is C12H11Cl2NS. The molecule has 0 aliphatic heterocycles. The van der Waals surface area contributed by atoms with E-state index in [0.29, 0.717) is 5.02 Å². The van der Waals surface area contributed by atoms with Crippen molar-refractivity contribution in [1.29, 1.82) is 0 Å². The maximum Gasteiger partial charge on any atom is 0.0661 e. The van der Waals surface area contributed by atoms with E-state index in [0.717, 1.165) is 21.0 Å². The molecule has 2 aromatic rings. The number of hydrogen-bond donors (Lipinski definition) is 1. The zero-order valence-corrected chi connectivity index (χ0v) is 11.0. The quantitative estimate of drug-likeness (QED) is 0.860. The van der Waals surface area contributed by atoms with Gasteiger partial charge >= 0.3 is 0 Å². The van der Waals surface area contributed by atoms with Crippen molar-refractivity contribution < 1.29 is 0 Å². The molecule has 84 valence electrons. The number of aryl methyl sites for hydroxylation is 1. The molecule has 1 atom stereocenters. The molecule has 0 spiro atoms. The molecule has 1 heterocycles. The minimum atomic E-state index is -0.177. The highest BCUT2D eigenvalue weighted by Gasteiger charge is 2.15. The molecule has 2 N–H and O–H groups in total. The summed E-state index contributed by atoms with van der Waals surface area (Å²) in [5.41, 5.74) is 8.26. The van der Waals surface area contributed by atoms with Crippen LogP contribution in [0.2, 0.25) is 10.0 Å². The summed E-state index contributed by atoms with van der Waals surface area (Å²) in [4.78, 5) is 1.00. The molecule has 0 saturated heterocycles. The van der Waals surface area contributed by atoms with Gasteiger partial charge in [-0.25, -0.2) is 0 Å². The van der Waals surface area contributed by atoms with Crippen molar-refractivity contribution in [3.05, 3.63) is 55.7 Å². The van der Waals surface area contributed by atoms with E-state index in [9.17, 15) is 0 Å². The van der Waals surface area contributed by atoms with Crippen molar-refractivity contribution in [2.24, 2.45) is 5.73 Å². The van der Waals surface area contributed by atoms with Gasteiger partial charge in [-0.1, -0.05) is 35.3 Å². The highest BCUT2D eigenvalue weighted by atomic mass is 35.5. The van der Waals surface area contributed by atoms with Gasteiger partial charge in [0.2, 0.25) is 0 Å². The fourth-order valence-electron chi connectivity index (χ4n) is 1.48. The first-order chi connectivity index (χ1) is 7.59. The number of rotatable bonds is 2. The highest BCUT2D eigenvalue weighted by molar-refractivity contribution is 7.10. The van der Waals surface area contributed by atoms with Crippen LogP contribution in [-0.2, 0) is 0 Å². The van der Waals surface area contributed by atoms with Crippen molar-refractivity contribution in [3.8, 4) is 0 Å². The van der Waals surface area contributed by atoms with Gasteiger partial charge in [-0.05, 0) is 35.6 Å². The Kier molecular flexibility index (Phi) is 3.55. The zero-order chi connectivity index (χ0) is 11.7. The Hall–Kier alpha value is -0.540. The summed E-state index contributed by atoms with van der Waals surface area (Å²) in [5.74, 6) is 0. The van der Waals surface area contributed by atoms with E-state index in [2.05, 4.69) is 0 Å². The molecule has 16 heavy (non-hydrogen) atoms. The summed E-state index contributed by atoms with van der Waals surface area (Å²) in [6.07, 6.45) is 0. The predicted molar refractivity (Wildman–Crippen MR) is 71.5 cm³/mol. The lowest BCUT2D eigenvalue weighted by atomic mass is 10.1. The average Bonchev–Trinajstić information content (AvgIpc) is 2.60. The second-order valence-corrected chi connectivity index (χ2v) is 5.35. The first-order valence-corrected chi connectivity index (χ1v) is 6.47. The lowest BCUT2D eigenvalue weighted by molar-refractivity contribution is 0.893. The largest absolute Gasteiger partial charge is 0.320 e. The second kappa shape index (κ2) is 4.76. The van der Waals surface area contributed by atoms with E-state index in [4.69, 9.17) is 28.9 Å². The van der Waals surface area contributed by atoms with E-state index in [1.54, 1.807) is 11.3 Å². The molecule has 0 aliphatic carbocycles. The lowest BCUT2D eigenvalue weighted by Gasteiger charge is -2.11. The minimum Gasteiger partial charge on any atom is -0.320 e. The van der Waals surface area contributed by atoms with Gasteiger partial charge in [0, 0.05) is 9.90 Å². The van der Waals surface area contributed by atoms with Crippen molar-refractivity contribution in [2.45, 2.75) is 13.0 Å². The second-order valence-electron chi connectivity index (χ2n) is 3.63. The fourth-order valence-corrected chi connectivity index (χ4v) is 2.95. The Morgan fingerprint density at radius 2 is 1.81 bits per heavy atom. The van der Waals surface area contributed by atoms with Gasteiger partial charge in [0.15, 0.2) is 0 Å². The van der Waals surface area contributed by atoms with Crippen LogP contribution in [0.5, 0.6) is 0 Å². The maximum atomic E-state index is 6.19. The third-order valence-electron chi connectivity index (χ3n) is 2.44. The minimum absolute atomic E-state index is 0.177. The molecule has 0 amide bonds. The number of nitrogens with two attached hydrogens (primary N) is 1. The molecule has 0 radical (unpaired) electrons. The number of hydrogen-bond acceptors (Lipinski definition) is 2. The summed E-state index contributed by atoms with van der Waals surface area (Å²) in [7, 11) is 0. The van der Waals surface area contributed by atoms with E-state index in [1.165, 1.54) is 0 Å². The Labute approximate surface area is 109 Å². The smallest absolute Gasteiger partial charge is 0.0661 e. The zero-order valence-electron chi connectivity index (χ0n) is 8.71. The third kappa shape index (κ3) is 2.25. The van der Waals surface area contributed by atoms with E-state index < -0.39 is 0 Å². The Morgan fingerprint density at radius 1 is 1.19 bits per heavy atom. The number of benzene rings is 1.